The highest BCUT2D eigenvalue weighted by Gasteiger charge is 2.20. The molecule has 0 heterocycles. The molecule has 2 aromatic carbocycles. The van der Waals surface area contributed by atoms with Crippen LogP contribution in [-0.2, 0) is 16.0 Å². The van der Waals surface area contributed by atoms with Crippen LogP contribution in [0.3, 0.4) is 0 Å². The Labute approximate surface area is 168 Å². The van der Waals surface area contributed by atoms with Crippen LogP contribution in [-0.4, -0.2) is 36.3 Å². The van der Waals surface area contributed by atoms with Gasteiger partial charge in [-0.25, -0.2) is 0 Å². The molecule has 1 unspecified atom stereocenters. The third-order valence-electron chi connectivity index (χ3n) is 4.76. The molecule has 1 atom stereocenters. The summed E-state index contributed by atoms with van der Waals surface area (Å²) in [6.45, 7) is 8.15. The third kappa shape index (κ3) is 5.84. The number of aryl methyl sites for hydroxylation is 1. The van der Waals surface area contributed by atoms with Crippen LogP contribution >= 0.6 is 0 Å². The predicted molar refractivity (Wildman–Crippen MR) is 116 cm³/mol. The second-order valence-electron chi connectivity index (χ2n) is 7.40. The highest BCUT2D eigenvalue weighted by atomic mass is 16.2. The highest BCUT2D eigenvalue weighted by molar-refractivity contribution is 5.96. The first-order valence-electron chi connectivity index (χ1n) is 9.81. The standard InChI is InChI=1S/C23H31N3O2/c1-6-18-9-7-8-10-21(18)25-22(27)15-26(5)23(28)17(4)24-20-13-11-19(12-14-20)16(2)3/h7-14,16-17,24H,6,15H2,1-5H3,(H,25,27). The second-order valence-corrected chi connectivity index (χ2v) is 7.40. The minimum absolute atomic E-state index is 0.00912. The average Bonchev–Trinajstić information content (AvgIpc) is 2.68. The minimum Gasteiger partial charge on any atom is -0.374 e. The summed E-state index contributed by atoms with van der Waals surface area (Å²) in [5.74, 6) is 0.132. The van der Waals surface area contributed by atoms with Crippen molar-refractivity contribution in [2.45, 2.75) is 46.1 Å². The molecule has 2 aromatic rings. The van der Waals surface area contributed by atoms with Crippen LogP contribution in [0, 0.1) is 0 Å². The van der Waals surface area contributed by atoms with Gasteiger partial charge in [-0.3, -0.25) is 9.59 Å². The number of rotatable bonds is 8. The third-order valence-corrected chi connectivity index (χ3v) is 4.76. The molecule has 150 valence electrons. The SMILES string of the molecule is CCc1ccccc1NC(=O)CN(C)C(=O)C(C)Nc1ccc(C(C)C)cc1. The van der Waals surface area contributed by atoms with Crippen molar-refractivity contribution in [3.8, 4) is 0 Å². The van der Waals surface area contributed by atoms with Crippen LogP contribution in [0.4, 0.5) is 11.4 Å². The van der Waals surface area contributed by atoms with Gasteiger partial charge in [-0.15, -0.1) is 0 Å². The Morgan fingerprint density at radius 3 is 2.25 bits per heavy atom. The van der Waals surface area contributed by atoms with Crippen molar-refractivity contribution in [3.63, 3.8) is 0 Å². The van der Waals surface area contributed by atoms with Gasteiger partial charge in [0, 0.05) is 18.4 Å². The van der Waals surface area contributed by atoms with Gasteiger partial charge in [0.05, 0.1) is 6.54 Å². The maximum atomic E-state index is 12.6. The summed E-state index contributed by atoms with van der Waals surface area (Å²) >= 11 is 0. The lowest BCUT2D eigenvalue weighted by atomic mass is 10.0. The molecule has 28 heavy (non-hydrogen) atoms. The van der Waals surface area contributed by atoms with Crippen LogP contribution in [0.2, 0.25) is 0 Å². The Balaban J connectivity index is 1.91. The van der Waals surface area contributed by atoms with E-state index in [9.17, 15) is 9.59 Å². The zero-order valence-corrected chi connectivity index (χ0v) is 17.5. The molecule has 0 saturated carbocycles. The van der Waals surface area contributed by atoms with E-state index in [4.69, 9.17) is 0 Å². The van der Waals surface area contributed by atoms with Crippen molar-refractivity contribution in [1.82, 2.24) is 4.90 Å². The molecular weight excluding hydrogens is 350 g/mol. The topological polar surface area (TPSA) is 61.4 Å². The van der Waals surface area contributed by atoms with Crippen LogP contribution in [0.1, 0.15) is 44.7 Å². The van der Waals surface area contributed by atoms with Crippen LogP contribution < -0.4 is 10.6 Å². The molecule has 0 aromatic heterocycles. The molecule has 0 fully saturated rings. The lowest BCUT2D eigenvalue weighted by Crippen LogP contribution is -2.42. The lowest BCUT2D eigenvalue weighted by molar-refractivity contribution is -0.133. The normalized spacial score (nSPS) is 11.8. The Morgan fingerprint density at radius 1 is 1.00 bits per heavy atom. The van der Waals surface area contributed by atoms with Gasteiger partial charge < -0.3 is 15.5 Å². The molecule has 2 N–H and O–H groups in total. The summed E-state index contributed by atoms with van der Waals surface area (Å²) in [5, 5.41) is 6.11. The van der Waals surface area contributed by atoms with Gasteiger partial charge in [0.2, 0.25) is 11.8 Å². The van der Waals surface area contributed by atoms with Crippen molar-refractivity contribution < 1.29 is 9.59 Å². The van der Waals surface area contributed by atoms with Crippen LogP contribution in [0.15, 0.2) is 48.5 Å². The minimum atomic E-state index is -0.425. The quantitative estimate of drug-likeness (QED) is 0.718. The van der Waals surface area contributed by atoms with E-state index in [1.165, 1.54) is 10.5 Å². The number of nitrogens with one attached hydrogen (secondary N) is 2. The second kappa shape index (κ2) is 9.93. The number of benzene rings is 2. The molecule has 2 amide bonds. The Morgan fingerprint density at radius 2 is 1.64 bits per heavy atom. The van der Waals surface area contributed by atoms with Crippen molar-refractivity contribution >= 4 is 23.2 Å². The van der Waals surface area contributed by atoms with Crippen molar-refractivity contribution in [2.24, 2.45) is 0 Å². The fraction of sp³-hybridized carbons (Fsp3) is 0.391. The summed E-state index contributed by atoms with van der Waals surface area (Å²) in [6.07, 6.45) is 0.835. The Kier molecular flexibility index (Phi) is 7.61. The number of para-hydroxylation sites is 1. The van der Waals surface area contributed by atoms with Gasteiger partial charge >= 0.3 is 0 Å². The van der Waals surface area contributed by atoms with Gasteiger partial charge in [-0.05, 0) is 48.6 Å². The summed E-state index contributed by atoms with van der Waals surface area (Å²) in [6, 6.07) is 15.4. The van der Waals surface area contributed by atoms with Crippen LogP contribution in [0.5, 0.6) is 0 Å². The van der Waals surface area contributed by atoms with E-state index in [2.05, 4.69) is 36.6 Å². The monoisotopic (exact) mass is 381 g/mol. The molecule has 0 saturated heterocycles. The number of nitrogens with zero attached hydrogens (tertiary/aromatic N) is 1. The molecular formula is C23H31N3O2. The first-order valence-corrected chi connectivity index (χ1v) is 9.81. The Bertz CT molecular complexity index is 800. The number of hydrogen-bond acceptors (Lipinski definition) is 3. The van der Waals surface area contributed by atoms with E-state index in [1.807, 2.05) is 43.3 Å². The van der Waals surface area contributed by atoms with Crippen LogP contribution in [0.25, 0.3) is 0 Å². The molecule has 0 spiro atoms. The van der Waals surface area contributed by atoms with Gasteiger partial charge in [-0.2, -0.15) is 0 Å². The summed E-state index contributed by atoms with van der Waals surface area (Å²) in [7, 11) is 1.65. The number of amides is 2. The largest absolute Gasteiger partial charge is 0.374 e. The number of carbonyl (C=O) groups is 2. The highest BCUT2D eigenvalue weighted by Crippen LogP contribution is 2.18. The molecule has 0 aliphatic rings. The molecule has 0 aliphatic heterocycles. The average molecular weight is 382 g/mol. The number of anilines is 2. The van der Waals surface area contributed by atoms with E-state index < -0.39 is 6.04 Å². The zero-order chi connectivity index (χ0) is 20.7. The van der Waals surface area contributed by atoms with E-state index in [1.54, 1.807) is 14.0 Å². The first-order chi connectivity index (χ1) is 13.3. The number of likely N-dealkylation sites (N-methyl/N-ethyl adjacent to an activating group) is 1. The number of carbonyl (C=O) groups excluding carboxylic acids is 2. The molecule has 0 radical (unpaired) electrons. The van der Waals surface area contributed by atoms with Crippen molar-refractivity contribution in [2.75, 3.05) is 24.2 Å². The van der Waals surface area contributed by atoms with E-state index in [0.717, 1.165) is 23.4 Å². The summed E-state index contributed by atoms with van der Waals surface area (Å²) < 4.78 is 0. The predicted octanol–water partition coefficient (Wildman–Crippen LogP) is 4.27. The molecule has 5 nitrogen and oxygen atoms in total. The van der Waals surface area contributed by atoms with Gasteiger partial charge in [0.25, 0.3) is 0 Å². The zero-order valence-electron chi connectivity index (χ0n) is 17.5. The van der Waals surface area contributed by atoms with Gasteiger partial charge in [0.15, 0.2) is 0 Å². The van der Waals surface area contributed by atoms with Gasteiger partial charge in [0.1, 0.15) is 6.04 Å². The Hall–Kier alpha value is -2.82. The van der Waals surface area contributed by atoms with Crippen molar-refractivity contribution in [1.29, 1.82) is 0 Å². The first kappa shape index (κ1) is 21.5. The lowest BCUT2D eigenvalue weighted by Gasteiger charge is -2.23. The fourth-order valence-electron chi connectivity index (χ4n) is 3.04. The smallest absolute Gasteiger partial charge is 0.244 e. The van der Waals surface area contributed by atoms with Gasteiger partial charge in [-0.1, -0.05) is 51.1 Å². The summed E-state index contributed by atoms with van der Waals surface area (Å²) in [5.41, 5.74) is 4.02. The van der Waals surface area contributed by atoms with E-state index >= 15 is 0 Å². The molecule has 5 heteroatoms. The summed E-state index contributed by atoms with van der Waals surface area (Å²) in [4.78, 5) is 26.4. The van der Waals surface area contributed by atoms with E-state index in [0.29, 0.717) is 5.92 Å². The maximum absolute atomic E-state index is 12.6. The molecule has 2 rings (SSSR count). The number of hydrogen-bond donors (Lipinski definition) is 2. The van der Waals surface area contributed by atoms with E-state index in [-0.39, 0.29) is 18.4 Å². The molecule has 0 aliphatic carbocycles. The molecule has 0 bridgehead atoms. The fourth-order valence-corrected chi connectivity index (χ4v) is 3.04. The maximum Gasteiger partial charge on any atom is 0.244 e. The van der Waals surface area contributed by atoms with Crippen molar-refractivity contribution in [3.05, 3.63) is 59.7 Å².